The molecular weight excluding hydrogens is 262 g/mol. The summed E-state index contributed by atoms with van der Waals surface area (Å²) >= 11 is 0. The molecule has 0 saturated carbocycles. The van der Waals surface area contributed by atoms with E-state index >= 15 is 0 Å². The van der Waals surface area contributed by atoms with E-state index in [4.69, 9.17) is 4.74 Å². The molecule has 3 aromatic rings. The Morgan fingerprint density at radius 2 is 1.52 bits per heavy atom. The molecule has 0 fully saturated rings. The summed E-state index contributed by atoms with van der Waals surface area (Å²) in [5.41, 5.74) is 1.77. The Kier molecular flexibility index (Phi) is 3.83. The topological polar surface area (TPSA) is 42.4 Å². The molecule has 0 spiro atoms. The summed E-state index contributed by atoms with van der Waals surface area (Å²) in [6.45, 7) is 0. The first kappa shape index (κ1) is 13.2. The molecule has 1 N–H and O–H groups in total. The molecule has 3 heteroatoms. The van der Waals surface area contributed by atoms with Gasteiger partial charge in [-0.25, -0.2) is 0 Å². The van der Waals surface area contributed by atoms with Crippen LogP contribution in [0.25, 0.3) is 0 Å². The largest absolute Gasteiger partial charge is 0.508 e. The Morgan fingerprint density at radius 3 is 2.19 bits per heavy atom. The van der Waals surface area contributed by atoms with E-state index in [0.29, 0.717) is 0 Å². The highest BCUT2D eigenvalue weighted by atomic mass is 16.5. The van der Waals surface area contributed by atoms with Crippen molar-refractivity contribution < 1.29 is 9.84 Å². The van der Waals surface area contributed by atoms with Crippen LogP contribution < -0.4 is 4.74 Å². The summed E-state index contributed by atoms with van der Waals surface area (Å²) < 4.78 is 6.08. The molecule has 1 heterocycles. The zero-order chi connectivity index (χ0) is 14.5. The van der Waals surface area contributed by atoms with Crippen molar-refractivity contribution in [2.75, 3.05) is 0 Å². The molecule has 1 unspecified atom stereocenters. The van der Waals surface area contributed by atoms with E-state index in [1.54, 1.807) is 18.3 Å². The maximum Gasteiger partial charge on any atom is 0.166 e. The average molecular weight is 277 g/mol. The maximum atomic E-state index is 9.44. The van der Waals surface area contributed by atoms with Gasteiger partial charge in [0.2, 0.25) is 0 Å². The average Bonchev–Trinajstić information content (AvgIpc) is 2.55. The van der Waals surface area contributed by atoms with Crippen molar-refractivity contribution >= 4 is 0 Å². The molecule has 1 atom stereocenters. The van der Waals surface area contributed by atoms with Gasteiger partial charge in [-0.1, -0.05) is 36.4 Å². The SMILES string of the molecule is Oc1ccc(C(Oc2ccccc2)c2ccccn2)cc1. The number of phenolic OH excluding ortho intramolecular Hbond substituents is 1. The van der Waals surface area contributed by atoms with E-state index < -0.39 is 0 Å². The molecule has 104 valence electrons. The second kappa shape index (κ2) is 6.09. The number of pyridine rings is 1. The predicted octanol–water partition coefficient (Wildman–Crippen LogP) is 3.96. The first-order valence-electron chi connectivity index (χ1n) is 6.74. The first-order chi connectivity index (χ1) is 10.3. The third-order valence-electron chi connectivity index (χ3n) is 3.15. The number of para-hydroxylation sites is 1. The molecule has 1 aromatic heterocycles. The first-order valence-corrected chi connectivity index (χ1v) is 6.74. The van der Waals surface area contributed by atoms with Crippen molar-refractivity contribution in [3.05, 3.63) is 90.3 Å². The van der Waals surface area contributed by atoms with Gasteiger partial charge in [0.15, 0.2) is 6.10 Å². The lowest BCUT2D eigenvalue weighted by atomic mass is 10.1. The Balaban J connectivity index is 1.97. The highest BCUT2D eigenvalue weighted by Crippen LogP contribution is 2.28. The van der Waals surface area contributed by atoms with Gasteiger partial charge in [-0.2, -0.15) is 0 Å². The van der Waals surface area contributed by atoms with Crippen LogP contribution in [0.3, 0.4) is 0 Å². The van der Waals surface area contributed by atoms with Gasteiger partial charge in [-0.05, 0) is 42.0 Å². The van der Waals surface area contributed by atoms with Crippen LogP contribution in [0.15, 0.2) is 79.0 Å². The molecule has 0 bridgehead atoms. The molecule has 0 aliphatic heterocycles. The number of aromatic nitrogens is 1. The van der Waals surface area contributed by atoms with Crippen LogP contribution in [0.1, 0.15) is 17.4 Å². The zero-order valence-electron chi connectivity index (χ0n) is 11.4. The number of nitrogens with zero attached hydrogens (tertiary/aromatic N) is 1. The number of aromatic hydroxyl groups is 1. The van der Waals surface area contributed by atoms with E-state index in [1.165, 1.54) is 0 Å². The minimum Gasteiger partial charge on any atom is -0.508 e. The normalized spacial score (nSPS) is 11.8. The van der Waals surface area contributed by atoms with Gasteiger partial charge in [0.1, 0.15) is 11.5 Å². The molecule has 3 rings (SSSR count). The van der Waals surface area contributed by atoms with Gasteiger partial charge < -0.3 is 9.84 Å². The molecule has 0 aliphatic carbocycles. The van der Waals surface area contributed by atoms with E-state index in [0.717, 1.165) is 17.0 Å². The monoisotopic (exact) mass is 277 g/mol. The summed E-state index contributed by atoms with van der Waals surface area (Å²) in [6.07, 6.45) is 1.44. The smallest absolute Gasteiger partial charge is 0.166 e. The van der Waals surface area contributed by atoms with Gasteiger partial charge in [-0.3, -0.25) is 4.98 Å². The van der Waals surface area contributed by atoms with Crippen molar-refractivity contribution in [2.45, 2.75) is 6.10 Å². The summed E-state index contributed by atoms with van der Waals surface area (Å²) in [7, 11) is 0. The van der Waals surface area contributed by atoms with Crippen molar-refractivity contribution in [3.8, 4) is 11.5 Å². The van der Waals surface area contributed by atoms with Crippen LogP contribution in [0, 0.1) is 0 Å². The van der Waals surface area contributed by atoms with E-state index in [1.807, 2.05) is 60.7 Å². The van der Waals surface area contributed by atoms with Crippen molar-refractivity contribution in [1.29, 1.82) is 0 Å². The number of ether oxygens (including phenoxy) is 1. The van der Waals surface area contributed by atoms with Gasteiger partial charge >= 0.3 is 0 Å². The van der Waals surface area contributed by atoms with Crippen molar-refractivity contribution in [3.63, 3.8) is 0 Å². The number of phenols is 1. The van der Waals surface area contributed by atoms with Crippen LogP contribution in [0.4, 0.5) is 0 Å². The summed E-state index contributed by atoms with van der Waals surface area (Å²) in [5.74, 6) is 1.01. The Labute approximate surface area is 123 Å². The fourth-order valence-corrected chi connectivity index (χ4v) is 2.11. The summed E-state index contributed by atoms with van der Waals surface area (Å²) in [5, 5.41) is 9.44. The van der Waals surface area contributed by atoms with Gasteiger partial charge in [-0.15, -0.1) is 0 Å². The van der Waals surface area contributed by atoms with Crippen LogP contribution in [0.2, 0.25) is 0 Å². The Morgan fingerprint density at radius 1 is 0.810 bits per heavy atom. The third kappa shape index (κ3) is 3.20. The molecule has 0 amide bonds. The molecule has 0 aliphatic rings. The van der Waals surface area contributed by atoms with Gasteiger partial charge in [0.25, 0.3) is 0 Å². The third-order valence-corrected chi connectivity index (χ3v) is 3.15. The van der Waals surface area contributed by atoms with E-state index in [2.05, 4.69) is 4.98 Å². The predicted molar refractivity (Wildman–Crippen MR) is 81.3 cm³/mol. The lowest BCUT2D eigenvalue weighted by molar-refractivity contribution is 0.242. The van der Waals surface area contributed by atoms with Crippen molar-refractivity contribution in [2.24, 2.45) is 0 Å². The quantitative estimate of drug-likeness (QED) is 0.785. The fraction of sp³-hybridized carbons (Fsp3) is 0.0556. The highest BCUT2D eigenvalue weighted by molar-refractivity contribution is 5.33. The minimum absolute atomic E-state index is 0.234. The molecule has 3 nitrogen and oxygen atoms in total. The van der Waals surface area contributed by atoms with Crippen LogP contribution in [0.5, 0.6) is 11.5 Å². The standard InChI is InChI=1S/C18H15NO2/c20-15-11-9-14(10-12-15)18(17-8-4-5-13-19-17)21-16-6-2-1-3-7-16/h1-13,18,20H. The van der Waals surface area contributed by atoms with Crippen LogP contribution >= 0.6 is 0 Å². The maximum absolute atomic E-state index is 9.44. The van der Waals surface area contributed by atoms with Crippen LogP contribution in [-0.4, -0.2) is 10.1 Å². The second-order valence-electron chi connectivity index (χ2n) is 4.66. The number of hydrogen-bond donors (Lipinski definition) is 1. The number of hydrogen-bond acceptors (Lipinski definition) is 3. The summed E-state index contributed by atoms with van der Waals surface area (Å²) in [4.78, 5) is 4.39. The Hall–Kier alpha value is -2.81. The fourth-order valence-electron chi connectivity index (χ4n) is 2.11. The molecular formula is C18H15NO2. The summed E-state index contributed by atoms with van der Waals surface area (Å²) in [6, 6.07) is 22.4. The minimum atomic E-state index is -0.311. The zero-order valence-corrected chi connectivity index (χ0v) is 11.4. The van der Waals surface area contributed by atoms with E-state index in [9.17, 15) is 5.11 Å². The highest BCUT2D eigenvalue weighted by Gasteiger charge is 2.17. The number of benzene rings is 2. The molecule has 2 aromatic carbocycles. The molecule has 0 radical (unpaired) electrons. The lowest BCUT2D eigenvalue weighted by Gasteiger charge is -2.19. The van der Waals surface area contributed by atoms with E-state index in [-0.39, 0.29) is 11.9 Å². The van der Waals surface area contributed by atoms with Gasteiger partial charge in [0.05, 0.1) is 5.69 Å². The number of rotatable bonds is 4. The second-order valence-corrected chi connectivity index (χ2v) is 4.66. The molecule has 21 heavy (non-hydrogen) atoms. The van der Waals surface area contributed by atoms with Crippen LogP contribution in [-0.2, 0) is 0 Å². The Bertz CT molecular complexity index is 681. The lowest BCUT2D eigenvalue weighted by Crippen LogP contribution is -2.10. The molecule has 0 saturated heterocycles. The van der Waals surface area contributed by atoms with Crippen molar-refractivity contribution in [1.82, 2.24) is 4.98 Å². The van der Waals surface area contributed by atoms with Gasteiger partial charge in [0, 0.05) is 6.20 Å².